The van der Waals surface area contributed by atoms with Crippen molar-refractivity contribution < 1.29 is 13.2 Å². The summed E-state index contributed by atoms with van der Waals surface area (Å²) in [7, 11) is -3.54. The molecule has 0 unspecified atom stereocenters. The fraction of sp³-hybridized carbons (Fsp3) is 0.129. The second-order valence-corrected chi connectivity index (χ2v) is 11.4. The molecule has 0 aliphatic heterocycles. The molecule has 6 rings (SSSR count). The molecule has 1 aliphatic carbocycles. The van der Waals surface area contributed by atoms with E-state index >= 15 is 0 Å². The van der Waals surface area contributed by atoms with Crippen molar-refractivity contribution in [2.45, 2.75) is 19.4 Å². The Morgan fingerprint density at radius 2 is 1.46 bits per heavy atom. The van der Waals surface area contributed by atoms with Gasteiger partial charge in [0.2, 0.25) is 10.0 Å². The van der Waals surface area contributed by atoms with Crippen LogP contribution in [0, 0.1) is 0 Å². The van der Waals surface area contributed by atoms with Crippen LogP contribution in [0.5, 0.6) is 0 Å². The van der Waals surface area contributed by atoms with E-state index in [-0.39, 0.29) is 12.5 Å². The summed E-state index contributed by atoms with van der Waals surface area (Å²) in [5.41, 5.74) is 5.40. The van der Waals surface area contributed by atoms with Crippen LogP contribution in [0.4, 0.5) is 11.4 Å². The van der Waals surface area contributed by atoms with Gasteiger partial charge in [0.05, 0.1) is 18.5 Å². The van der Waals surface area contributed by atoms with Crippen LogP contribution in [0.25, 0.3) is 21.5 Å². The summed E-state index contributed by atoms with van der Waals surface area (Å²) in [5.74, 6) is -0.195. The van der Waals surface area contributed by atoms with Crippen molar-refractivity contribution in [3.63, 3.8) is 0 Å². The average Bonchev–Trinajstić information content (AvgIpc) is 3.33. The maximum absolute atomic E-state index is 13.1. The van der Waals surface area contributed by atoms with Crippen molar-refractivity contribution in [2.24, 2.45) is 0 Å². The highest BCUT2D eigenvalue weighted by Gasteiger charge is 2.21. The van der Waals surface area contributed by atoms with E-state index in [9.17, 15) is 13.2 Å². The minimum atomic E-state index is -3.54. The van der Waals surface area contributed by atoms with Gasteiger partial charge in [0.15, 0.2) is 0 Å². The zero-order valence-corrected chi connectivity index (χ0v) is 21.3. The third kappa shape index (κ3) is 4.34. The van der Waals surface area contributed by atoms with Crippen LogP contribution in [-0.4, -0.2) is 20.6 Å². The Bertz CT molecular complexity index is 1760. The number of benzene rings is 5. The van der Waals surface area contributed by atoms with E-state index in [4.69, 9.17) is 0 Å². The number of fused-ring (bicyclic) bond motifs is 1. The van der Waals surface area contributed by atoms with Crippen LogP contribution in [0.3, 0.4) is 0 Å². The fourth-order valence-corrected chi connectivity index (χ4v) is 6.18. The van der Waals surface area contributed by atoms with Gasteiger partial charge in [-0.05, 0) is 64.6 Å². The number of nitrogens with zero attached hydrogens (tertiary/aromatic N) is 1. The number of hydrogen-bond acceptors (Lipinski definition) is 3. The maximum Gasteiger partial charge on any atom is 0.255 e. The Morgan fingerprint density at radius 3 is 2.24 bits per heavy atom. The molecule has 6 heteroatoms. The third-order valence-corrected chi connectivity index (χ3v) is 8.23. The van der Waals surface area contributed by atoms with Gasteiger partial charge in [-0.2, -0.15) is 0 Å². The summed E-state index contributed by atoms with van der Waals surface area (Å²) in [6.45, 7) is 0.170. The van der Waals surface area contributed by atoms with E-state index in [0.717, 1.165) is 40.3 Å². The number of aryl methyl sites for hydroxylation is 2. The van der Waals surface area contributed by atoms with Gasteiger partial charge in [-0.25, -0.2) is 8.42 Å². The molecule has 5 nitrogen and oxygen atoms in total. The molecule has 0 heterocycles. The molecule has 0 aromatic heterocycles. The molecule has 37 heavy (non-hydrogen) atoms. The van der Waals surface area contributed by atoms with Gasteiger partial charge in [-0.3, -0.25) is 9.10 Å². The van der Waals surface area contributed by atoms with Gasteiger partial charge in [-0.1, -0.05) is 72.8 Å². The molecule has 0 atom stereocenters. The second kappa shape index (κ2) is 9.05. The van der Waals surface area contributed by atoms with Crippen molar-refractivity contribution in [1.82, 2.24) is 0 Å². The summed E-state index contributed by atoms with van der Waals surface area (Å²) < 4.78 is 27.0. The first-order valence-electron chi connectivity index (χ1n) is 12.3. The molecule has 0 bridgehead atoms. The van der Waals surface area contributed by atoms with E-state index in [1.165, 1.54) is 27.1 Å². The number of nitrogens with one attached hydrogen (secondary N) is 1. The summed E-state index contributed by atoms with van der Waals surface area (Å²) >= 11 is 0. The quantitative estimate of drug-likeness (QED) is 0.293. The molecule has 1 amide bonds. The fourth-order valence-electron chi connectivity index (χ4n) is 5.28. The van der Waals surface area contributed by atoms with Crippen molar-refractivity contribution in [3.05, 3.63) is 119 Å². The largest absolute Gasteiger partial charge is 0.321 e. The Balaban J connectivity index is 1.26. The number of amides is 1. The third-order valence-electron chi connectivity index (χ3n) is 7.10. The normalized spacial score (nSPS) is 12.7. The molecule has 5 aromatic carbocycles. The van der Waals surface area contributed by atoms with Gasteiger partial charge < -0.3 is 5.32 Å². The molecule has 0 saturated carbocycles. The molecular formula is C31H26N2O3S. The van der Waals surface area contributed by atoms with Crippen molar-refractivity contribution in [1.29, 1.82) is 0 Å². The van der Waals surface area contributed by atoms with Crippen LogP contribution < -0.4 is 9.62 Å². The standard InChI is InChI=1S/C31H26N2O3S/c1-37(35,36)33(29-11-5-7-22-6-2-3-9-26(22)29)20-21-12-14-25(15-13-21)31(34)32-28-19-18-24-17-16-23-8-4-10-27(28)30(23)24/h2-15,18-19H,16-17,20H2,1H3,(H,32,34). The number of carbonyl (C=O) groups is 1. The highest BCUT2D eigenvalue weighted by Crippen LogP contribution is 2.35. The zero-order chi connectivity index (χ0) is 25.6. The average molecular weight is 507 g/mol. The number of rotatable bonds is 6. The lowest BCUT2D eigenvalue weighted by Crippen LogP contribution is -2.29. The van der Waals surface area contributed by atoms with Crippen LogP contribution >= 0.6 is 0 Å². The summed E-state index contributed by atoms with van der Waals surface area (Å²) in [6, 6.07) is 30.8. The number of sulfonamides is 1. The molecule has 0 spiro atoms. The second-order valence-electron chi connectivity index (χ2n) is 9.53. The molecule has 184 valence electrons. The minimum absolute atomic E-state index is 0.170. The highest BCUT2D eigenvalue weighted by molar-refractivity contribution is 7.92. The molecule has 0 saturated heterocycles. The van der Waals surface area contributed by atoms with Crippen molar-refractivity contribution in [2.75, 3.05) is 15.9 Å². The minimum Gasteiger partial charge on any atom is -0.321 e. The van der Waals surface area contributed by atoms with Crippen LogP contribution in [0.2, 0.25) is 0 Å². The van der Waals surface area contributed by atoms with E-state index in [0.29, 0.717) is 11.3 Å². The monoisotopic (exact) mass is 506 g/mol. The first kappa shape index (κ1) is 23.3. The van der Waals surface area contributed by atoms with E-state index in [1.54, 1.807) is 12.1 Å². The summed E-state index contributed by atoms with van der Waals surface area (Å²) in [4.78, 5) is 13.1. The number of hydrogen-bond donors (Lipinski definition) is 1. The lowest BCUT2D eigenvalue weighted by Gasteiger charge is -2.24. The van der Waals surface area contributed by atoms with Crippen molar-refractivity contribution in [3.8, 4) is 0 Å². The highest BCUT2D eigenvalue weighted by atomic mass is 32.2. The van der Waals surface area contributed by atoms with Gasteiger partial charge >= 0.3 is 0 Å². The SMILES string of the molecule is CS(=O)(=O)N(Cc1ccc(C(=O)Nc2ccc3c4c(cccc24)CC3)cc1)c1cccc2ccccc12. The Kier molecular flexibility index (Phi) is 5.69. The molecule has 0 fully saturated rings. The Hall–Kier alpha value is -4.16. The molecule has 1 N–H and O–H groups in total. The van der Waals surface area contributed by atoms with E-state index < -0.39 is 10.0 Å². The predicted molar refractivity (Wildman–Crippen MR) is 151 cm³/mol. The van der Waals surface area contributed by atoms with Crippen LogP contribution in [0.1, 0.15) is 27.0 Å². The molecule has 5 aromatic rings. The number of anilines is 2. The van der Waals surface area contributed by atoms with Gasteiger partial charge in [0.1, 0.15) is 0 Å². The summed E-state index contributed by atoms with van der Waals surface area (Å²) in [6.07, 6.45) is 3.29. The summed E-state index contributed by atoms with van der Waals surface area (Å²) in [5, 5.41) is 7.24. The lowest BCUT2D eigenvalue weighted by molar-refractivity contribution is 0.102. The van der Waals surface area contributed by atoms with Crippen LogP contribution in [0.15, 0.2) is 97.1 Å². The molecule has 0 radical (unpaired) electrons. The lowest BCUT2D eigenvalue weighted by atomic mass is 10.0. The van der Waals surface area contributed by atoms with Gasteiger partial charge in [0.25, 0.3) is 5.91 Å². The van der Waals surface area contributed by atoms with E-state index in [2.05, 4.69) is 23.5 Å². The topological polar surface area (TPSA) is 66.5 Å². The Labute approximate surface area is 216 Å². The van der Waals surface area contributed by atoms with Gasteiger partial charge in [-0.15, -0.1) is 0 Å². The zero-order valence-electron chi connectivity index (χ0n) is 20.4. The van der Waals surface area contributed by atoms with E-state index in [1.807, 2.05) is 66.7 Å². The smallest absolute Gasteiger partial charge is 0.255 e. The number of carbonyl (C=O) groups excluding carboxylic acids is 1. The first-order chi connectivity index (χ1) is 17.9. The molecular weight excluding hydrogens is 480 g/mol. The Morgan fingerprint density at radius 1 is 0.784 bits per heavy atom. The van der Waals surface area contributed by atoms with Gasteiger partial charge in [0, 0.05) is 22.0 Å². The van der Waals surface area contributed by atoms with Crippen molar-refractivity contribution >= 4 is 48.9 Å². The van der Waals surface area contributed by atoms with Crippen LogP contribution in [-0.2, 0) is 29.4 Å². The first-order valence-corrected chi connectivity index (χ1v) is 14.1. The molecule has 1 aliphatic rings. The maximum atomic E-state index is 13.1. The predicted octanol–water partition coefficient (Wildman–Crippen LogP) is 6.31.